The third-order valence-corrected chi connectivity index (χ3v) is 5.23. The Hall–Kier alpha value is -1.75. The van der Waals surface area contributed by atoms with Gasteiger partial charge in [-0.25, -0.2) is 15.6 Å². The van der Waals surface area contributed by atoms with Crippen LogP contribution in [0.15, 0.2) is 30.3 Å². The first kappa shape index (κ1) is 20.6. The van der Waals surface area contributed by atoms with Gasteiger partial charge in [0.05, 0.1) is 12.0 Å². The van der Waals surface area contributed by atoms with Crippen molar-refractivity contribution in [2.24, 2.45) is 5.84 Å². The second kappa shape index (κ2) is 9.26. The first-order chi connectivity index (χ1) is 12.4. The molecule has 10 heteroatoms. The fourth-order valence-corrected chi connectivity index (χ4v) is 3.68. The summed E-state index contributed by atoms with van der Waals surface area (Å²) in [5.74, 6) is 4.94. The smallest absolute Gasteiger partial charge is 0.360 e. The Morgan fingerprint density at radius 2 is 2.08 bits per heavy atom. The topological polar surface area (TPSA) is 114 Å². The van der Waals surface area contributed by atoms with Crippen molar-refractivity contribution in [3.8, 4) is 0 Å². The molecule has 2 amide bonds. The molecule has 8 nitrogen and oxygen atoms in total. The molecule has 2 atom stereocenters. The van der Waals surface area contributed by atoms with Gasteiger partial charge in [0.1, 0.15) is 0 Å². The molecule has 1 heterocycles. The number of amides is 2. The zero-order valence-electron chi connectivity index (χ0n) is 14.6. The Labute approximate surface area is 160 Å². The molecule has 0 aliphatic carbocycles. The van der Waals surface area contributed by atoms with Crippen LogP contribution >= 0.6 is 23.8 Å². The Morgan fingerprint density at radius 3 is 2.69 bits per heavy atom. The van der Waals surface area contributed by atoms with Gasteiger partial charge >= 0.3 is 5.97 Å². The minimum atomic E-state index is -1.52. The number of nitrogens with one attached hydrogen (secondary N) is 2. The molecule has 1 aromatic rings. The molecule has 0 aromatic heterocycles. The molecule has 26 heavy (non-hydrogen) atoms. The van der Waals surface area contributed by atoms with E-state index in [4.69, 9.17) is 10.0 Å². The number of nitrogens with zero attached hydrogens (tertiary/aromatic N) is 1. The standard InChI is InChI=1S/C16H22N4O4S2/c1-11(21)19-13-14(22)20(17)16(8-9-25-2,15(23)24-26-13)18-10-12-6-4-3-5-7-12/h3-7,13,18H,8-10,17H2,1-2H3,(H,19,21). The van der Waals surface area contributed by atoms with Crippen LogP contribution in [0.25, 0.3) is 0 Å². The predicted molar refractivity (Wildman–Crippen MR) is 101 cm³/mol. The van der Waals surface area contributed by atoms with Crippen LogP contribution in [0.4, 0.5) is 0 Å². The van der Waals surface area contributed by atoms with E-state index in [1.54, 1.807) is 0 Å². The summed E-state index contributed by atoms with van der Waals surface area (Å²) in [7, 11) is 0. The van der Waals surface area contributed by atoms with Gasteiger partial charge in [-0.1, -0.05) is 30.3 Å². The summed E-state index contributed by atoms with van der Waals surface area (Å²) >= 11 is 2.11. The lowest BCUT2D eigenvalue weighted by Gasteiger charge is -2.37. The van der Waals surface area contributed by atoms with Crippen LogP contribution < -0.4 is 16.5 Å². The molecule has 142 valence electrons. The number of hydrazine groups is 1. The van der Waals surface area contributed by atoms with E-state index in [0.29, 0.717) is 24.3 Å². The lowest BCUT2D eigenvalue weighted by Crippen LogP contribution is -2.69. The molecule has 1 aliphatic heterocycles. The molecular weight excluding hydrogens is 376 g/mol. The molecular formula is C16H22N4O4S2. The van der Waals surface area contributed by atoms with Gasteiger partial charge in [0.2, 0.25) is 11.6 Å². The maximum atomic E-state index is 12.7. The molecule has 0 bridgehead atoms. The van der Waals surface area contributed by atoms with Gasteiger partial charge in [-0.2, -0.15) is 11.8 Å². The van der Waals surface area contributed by atoms with Crippen molar-refractivity contribution in [1.82, 2.24) is 15.6 Å². The van der Waals surface area contributed by atoms with Crippen LogP contribution in [-0.2, 0) is 25.1 Å². The Kier molecular flexibility index (Phi) is 7.33. The molecule has 2 rings (SSSR count). The lowest BCUT2D eigenvalue weighted by molar-refractivity contribution is -0.158. The van der Waals surface area contributed by atoms with Crippen molar-refractivity contribution in [3.05, 3.63) is 35.9 Å². The molecule has 1 saturated heterocycles. The van der Waals surface area contributed by atoms with Gasteiger partial charge in [-0.05, 0) is 17.6 Å². The number of rotatable bonds is 7. The quantitative estimate of drug-likeness (QED) is 0.348. The number of carbonyl (C=O) groups excluding carboxylic acids is 3. The van der Waals surface area contributed by atoms with Crippen molar-refractivity contribution in [3.63, 3.8) is 0 Å². The zero-order valence-corrected chi connectivity index (χ0v) is 16.2. The summed E-state index contributed by atoms with van der Waals surface area (Å²) < 4.78 is 5.21. The van der Waals surface area contributed by atoms with E-state index in [1.807, 2.05) is 36.6 Å². The molecule has 1 aliphatic rings. The Morgan fingerprint density at radius 1 is 1.38 bits per heavy atom. The largest absolute Gasteiger partial charge is 0.386 e. The highest BCUT2D eigenvalue weighted by molar-refractivity contribution is 7.98. The van der Waals surface area contributed by atoms with Crippen LogP contribution in [0.2, 0.25) is 0 Å². The van der Waals surface area contributed by atoms with Gasteiger partial charge in [0, 0.05) is 19.9 Å². The number of benzene rings is 1. The zero-order chi connectivity index (χ0) is 19.2. The van der Waals surface area contributed by atoms with Crippen LogP contribution in [0.5, 0.6) is 0 Å². The third kappa shape index (κ3) is 4.70. The minimum Gasteiger partial charge on any atom is -0.386 e. The summed E-state index contributed by atoms with van der Waals surface area (Å²) in [6, 6.07) is 9.44. The highest BCUT2D eigenvalue weighted by Gasteiger charge is 2.51. The fraction of sp³-hybridized carbons (Fsp3) is 0.438. The third-order valence-electron chi connectivity index (χ3n) is 3.86. The number of thioether (sulfide) groups is 1. The molecule has 4 N–H and O–H groups in total. The molecule has 0 saturated carbocycles. The second-order valence-corrected chi connectivity index (χ2v) is 7.51. The van der Waals surface area contributed by atoms with E-state index in [2.05, 4.69) is 10.6 Å². The molecule has 1 fully saturated rings. The van der Waals surface area contributed by atoms with E-state index in [9.17, 15) is 14.4 Å². The number of carbonyl (C=O) groups is 3. The van der Waals surface area contributed by atoms with Crippen LogP contribution in [-0.4, -0.2) is 45.8 Å². The molecule has 0 spiro atoms. The van der Waals surface area contributed by atoms with Crippen molar-refractivity contribution >= 4 is 41.6 Å². The van der Waals surface area contributed by atoms with Crippen molar-refractivity contribution in [2.75, 3.05) is 12.0 Å². The van der Waals surface area contributed by atoms with E-state index >= 15 is 0 Å². The van der Waals surface area contributed by atoms with Gasteiger partial charge in [0.25, 0.3) is 5.91 Å². The van der Waals surface area contributed by atoms with Crippen LogP contribution in [0.3, 0.4) is 0 Å². The van der Waals surface area contributed by atoms with E-state index in [0.717, 1.165) is 10.6 Å². The first-order valence-electron chi connectivity index (χ1n) is 7.92. The SMILES string of the molecule is CSCCC1(NCc2ccccc2)C(=O)OSC(NC(C)=O)C(=O)N1N. The monoisotopic (exact) mass is 398 g/mol. The average Bonchev–Trinajstić information content (AvgIpc) is 2.71. The normalized spacial score (nSPS) is 23.3. The maximum Gasteiger partial charge on any atom is 0.360 e. The summed E-state index contributed by atoms with van der Waals surface area (Å²) in [5.41, 5.74) is -0.587. The number of hydrogen-bond acceptors (Lipinski definition) is 8. The van der Waals surface area contributed by atoms with Gasteiger partial charge in [0.15, 0.2) is 5.37 Å². The van der Waals surface area contributed by atoms with Crippen LogP contribution in [0, 0.1) is 0 Å². The molecule has 0 radical (unpaired) electrons. The van der Waals surface area contributed by atoms with E-state index in [1.165, 1.54) is 18.7 Å². The highest BCUT2D eigenvalue weighted by atomic mass is 32.2. The second-order valence-electron chi connectivity index (χ2n) is 5.70. The number of nitrogens with two attached hydrogens (primary N) is 1. The van der Waals surface area contributed by atoms with Gasteiger partial charge in [-0.3, -0.25) is 14.9 Å². The maximum absolute atomic E-state index is 12.7. The van der Waals surface area contributed by atoms with Crippen molar-refractivity contribution in [1.29, 1.82) is 0 Å². The van der Waals surface area contributed by atoms with E-state index in [-0.39, 0.29) is 6.42 Å². The van der Waals surface area contributed by atoms with E-state index < -0.39 is 28.8 Å². The molecule has 1 aromatic carbocycles. The van der Waals surface area contributed by atoms with Crippen LogP contribution in [0.1, 0.15) is 18.9 Å². The fourth-order valence-electron chi connectivity index (χ4n) is 2.45. The first-order valence-corrected chi connectivity index (χ1v) is 10.1. The van der Waals surface area contributed by atoms with Crippen molar-refractivity contribution < 1.29 is 18.6 Å². The summed E-state index contributed by atoms with van der Waals surface area (Å²) in [6.45, 7) is 1.59. The summed E-state index contributed by atoms with van der Waals surface area (Å²) in [4.78, 5) is 36.8. The Balaban J connectivity index is 2.29. The Bertz CT molecular complexity index is 661. The lowest BCUT2D eigenvalue weighted by atomic mass is 10.1. The van der Waals surface area contributed by atoms with Gasteiger partial charge in [-0.15, -0.1) is 0 Å². The van der Waals surface area contributed by atoms with Gasteiger partial charge < -0.3 is 9.50 Å². The number of hydrogen-bond donors (Lipinski definition) is 3. The minimum absolute atomic E-state index is 0.259. The summed E-state index contributed by atoms with van der Waals surface area (Å²) in [5, 5.41) is 5.30. The average molecular weight is 399 g/mol. The van der Waals surface area contributed by atoms with Crippen molar-refractivity contribution in [2.45, 2.75) is 30.9 Å². The predicted octanol–water partition coefficient (Wildman–Crippen LogP) is 0.595. The molecule has 2 unspecified atom stereocenters. The highest BCUT2D eigenvalue weighted by Crippen LogP contribution is 2.29. The summed E-state index contributed by atoms with van der Waals surface area (Å²) in [6.07, 6.45) is 2.15.